The molecule has 0 aliphatic carbocycles. The summed E-state index contributed by atoms with van der Waals surface area (Å²) >= 11 is 3.22. The van der Waals surface area contributed by atoms with Crippen LogP contribution >= 0.6 is 15.9 Å². The van der Waals surface area contributed by atoms with Crippen molar-refractivity contribution in [3.8, 4) is 0 Å². The zero-order valence-electron chi connectivity index (χ0n) is 21.9. The Kier molecular flexibility index (Phi) is 11.0. The number of aliphatic hydroxyl groups is 2. The SMILES string of the molecule is CC(C)[C@@H]1COC(=O)N1C(=O)[C@H](C)[C@H]1O[C@@](O)(CCCOC[C@@H](CO)OCc2ccccc2)C(Br)=CC1=O. The van der Waals surface area contributed by atoms with Crippen LogP contribution in [0.2, 0.25) is 0 Å². The fourth-order valence-corrected chi connectivity index (χ4v) is 4.79. The lowest BCUT2D eigenvalue weighted by Crippen LogP contribution is -2.52. The van der Waals surface area contributed by atoms with Gasteiger partial charge in [-0.25, -0.2) is 9.69 Å². The fraction of sp³-hybridized carbons (Fsp3) is 0.593. The maximum atomic E-state index is 13.2. The first-order valence-electron chi connectivity index (χ1n) is 12.7. The molecule has 0 radical (unpaired) electrons. The zero-order chi connectivity index (χ0) is 27.9. The van der Waals surface area contributed by atoms with E-state index in [0.717, 1.165) is 10.5 Å². The molecule has 3 rings (SSSR count). The van der Waals surface area contributed by atoms with Gasteiger partial charge in [0, 0.05) is 13.0 Å². The van der Waals surface area contributed by atoms with E-state index >= 15 is 0 Å². The number of benzene rings is 1. The van der Waals surface area contributed by atoms with Gasteiger partial charge < -0.3 is 29.2 Å². The smallest absolute Gasteiger partial charge is 0.416 e. The molecule has 2 heterocycles. The lowest BCUT2D eigenvalue weighted by Gasteiger charge is -2.38. The van der Waals surface area contributed by atoms with Crippen molar-refractivity contribution in [2.45, 2.75) is 64.3 Å². The Morgan fingerprint density at radius 1 is 1.24 bits per heavy atom. The molecule has 0 saturated carbocycles. The number of ether oxygens (including phenoxy) is 4. The van der Waals surface area contributed by atoms with Gasteiger partial charge in [0.25, 0.3) is 0 Å². The van der Waals surface area contributed by atoms with Gasteiger partial charge in [0.2, 0.25) is 5.91 Å². The topological polar surface area (TPSA) is 132 Å². The molecular weight excluding hydrogens is 562 g/mol. The molecule has 1 fully saturated rings. The van der Waals surface area contributed by atoms with Crippen LogP contribution in [0.15, 0.2) is 40.9 Å². The Balaban J connectivity index is 1.51. The Morgan fingerprint density at radius 2 is 1.95 bits per heavy atom. The maximum absolute atomic E-state index is 13.2. The quantitative estimate of drug-likeness (QED) is 0.329. The summed E-state index contributed by atoms with van der Waals surface area (Å²) in [4.78, 5) is 39.1. The summed E-state index contributed by atoms with van der Waals surface area (Å²) in [5.74, 6) is -3.98. The minimum absolute atomic E-state index is 0.0271. The third-order valence-electron chi connectivity index (χ3n) is 6.64. The number of aliphatic hydroxyl groups excluding tert-OH is 1. The standard InChI is InChI=1S/C27H36BrNO9/c1-17(2)21-16-37-26(33)29(21)25(32)18(3)24-22(31)12-23(28)27(34,38-24)10-7-11-35-15-20(13-30)36-14-19-8-5-4-6-9-19/h4-6,8-9,12,17-18,20-21,24,30,34H,7,10-11,13-16H2,1-3H3/t18-,20-,21+,24-,27+/m1/s1. The molecule has 10 nitrogen and oxygen atoms in total. The van der Waals surface area contributed by atoms with Crippen LogP contribution in [0.1, 0.15) is 39.2 Å². The second kappa shape index (κ2) is 13.8. The second-order valence-corrected chi connectivity index (χ2v) is 10.7. The summed E-state index contributed by atoms with van der Waals surface area (Å²) in [6, 6.07) is 9.15. The average molecular weight is 598 g/mol. The largest absolute Gasteiger partial charge is 0.447 e. The summed E-state index contributed by atoms with van der Waals surface area (Å²) in [7, 11) is 0. The fourth-order valence-electron chi connectivity index (χ4n) is 4.27. The van der Waals surface area contributed by atoms with Gasteiger partial charge in [-0.2, -0.15) is 0 Å². The molecule has 38 heavy (non-hydrogen) atoms. The molecule has 0 spiro atoms. The normalized spacial score (nSPS) is 25.3. The van der Waals surface area contributed by atoms with Crippen molar-refractivity contribution in [1.29, 1.82) is 0 Å². The van der Waals surface area contributed by atoms with Crippen LogP contribution in [-0.4, -0.2) is 83.4 Å². The van der Waals surface area contributed by atoms with E-state index in [0.29, 0.717) is 13.0 Å². The Bertz CT molecular complexity index is 1000. The zero-order valence-corrected chi connectivity index (χ0v) is 23.5. The lowest BCUT2D eigenvalue weighted by atomic mass is 9.93. The summed E-state index contributed by atoms with van der Waals surface area (Å²) in [6.45, 7) is 5.88. The molecule has 0 aromatic heterocycles. The number of ketones is 1. The number of cyclic esters (lactones) is 1. The molecule has 0 bridgehead atoms. The van der Waals surface area contributed by atoms with Crippen LogP contribution in [0.4, 0.5) is 4.79 Å². The lowest BCUT2D eigenvalue weighted by molar-refractivity contribution is -0.218. The van der Waals surface area contributed by atoms with E-state index in [2.05, 4.69) is 15.9 Å². The van der Waals surface area contributed by atoms with E-state index in [4.69, 9.17) is 18.9 Å². The Labute approximate surface area is 231 Å². The molecule has 2 aliphatic heterocycles. The number of imide groups is 1. The average Bonchev–Trinajstić information content (AvgIpc) is 3.29. The van der Waals surface area contributed by atoms with Crippen molar-refractivity contribution in [1.82, 2.24) is 4.90 Å². The van der Waals surface area contributed by atoms with Gasteiger partial charge in [-0.3, -0.25) is 9.59 Å². The second-order valence-electron chi connectivity index (χ2n) is 9.88. The van der Waals surface area contributed by atoms with Gasteiger partial charge in [0.15, 0.2) is 11.6 Å². The van der Waals surface area contributed by atoms with Crippen molar-refractivity contribution in [3.63, 3.8) is 0 Å². The first-order chi connectivity index (χ1) is 18.1. The molecule has 2 N–H and O–H groups in total. The molecule has 1 aromatic carbocycles. The molecule has 0 unspecified atom stereocenters. The molecule has 11 heteroatoms. The van der Waals surface area contributed by atoms with Crippen LogP contribution in [-0.2, 0) is 35.1 Å². The molecule has 5 atom stereocenters. The molecule has 1 aromatic rings. The summed E-state index contributed by atoms with van der Waals surface area (Å²) in [6.07, 6.45) is -0.892. The van der Waals surface area contributed by atoms with E-state index in [-0.39, 0.29) is 43.2 Å². The number of amides is 2. The highest BCUT2D eigenvalue weighted by molar-refractivity contribution is 9.11. The minimum Gasteiger partial charge on any atom is -0.447 e. The monoisotopic (exact) mass is 597 g/mol. The first-order valence-corrected chi connectivity index (χ1v) is 13.5. The molecule has 2 amide bonds. The highest BCUT2D eigenvalue weighted by Gasteiger charge is 2.48. The van der Waals surface area contributed by atoms with E-state index in [1.165, 1.54) is 13.0 Å². The predicted molar refractivity (Wildman–Crippen MR) is 140 cm³/mol. The van der Waals surface area contributed by atoms with E-state index < -0.39 is 47.7 Å². The maximum Gasteiger partial charge on any atom is 0.416 e. The van der Waals surface area contributed by atoms with E-state index in [1.54, 1.807) is 0 Å². The van der Waals surface area contributed by atoms with Crippen molar-refractivity contribution in [3.05, 3.63) is 46.5 Å². The number of carbonyl (C=O) groups excluding carboxylic acids is 3. The van der Waals surface area contributed by atoms with Crippen molar-refractivity contribution < 1.29 is 43.5 Å². The van der Waals surface area contributed by atoms with E-state index in [9.17, 15) is 24.6 Å². The van der Waals surface area contributed by atoms with Gasteiger partial charge in [-0.1, -0.05) is 51.1 Å². The number of hydrogen-bond donors (Lipinski definition) is 2. The number of halogens is 1. The highest BCUT2D eigenvalue weighted by atomic mass is 79.9. The number of rotatable bonds is 13. The van der Waals surface area contributed by atoms with Gasteiger partial charge in [-0.05, 0) is 39.9 Å². The van der Waals surface area contributed by atoms with Crippen molar-refractivity contribution in [2.75, 3.05) is 26.4 Å². The van der Waals surface area contributed by atoms with Gasteiger partial charge in [-0.15, -0.1) is 0 Å². The predicted octanol–water partition coefficient (Wildman–Crippen LogP) is 2.94. The van der Waals surface area contributed by atoms with Crippen LogP contribution in [0.5, 0.6) is 0 Å². The summed E-state index contributed by atoms with van der Waals surface area (Å²) in [5.41, 5.74) is 0.984. The molecule has 210 valence electrons. The first kappa shape index (κ1) is 30.4. The van der Waals surface area contributed by atoms with Crippen molar-refractivity contribution >= 4 is 33.7 Å². The van der Waals surface area contributed by atoms with Crippen LogP contribution in [0.25, 0.3) is 0 Å². The van der Waals surface area contributed by atoms with Crippen LogP contribution in [0, 0.1) is 11.8 Å². The molecule has 1 saturated heterocycles. The molecule has 2 aliphatic rings. The van der Waals surface area contributed by atoms with Gasteiger partial charge >= 0.3 is 6.09 Å². The third-order valence-corrected chi connectivity index (χ3v) is 7.49. The minimum atomic E-state index is -1.85. The molecular formula is C27H36BrNO9. The van der Waals surface area contributed by atoms with Crippen LogP contribution in [0.3, 0.4) is 0 Å². The van der Waals surface area contributed by atoms with Gasteiger partial charge in [0.1, 0.15) is 18.8 Å². The summed E-state index contributed by atoms with van der Waals surface area (Å²) < 4.78 is 22.3. The third kappa shape index (κ3) is 7.49. The van der Waals surface area contributed by atoms with E-state index in [1.807, 2.05) is 44.2 Å². The van der Waals surface area contributed by atoms with Crippen molar-refractivity contribution in [2.24, 2.45) is 11.8 Å². The summed E-state index contributed by atoms with van der Waals surface area (Å²) in [5, 5.41) is 20.7. The highest BCUT2D eigenvalue weighted by Crippen LogP contribution is 2.37. The number of nitrogens with zero attached hydrogens (tertiary/aromatic N) is 1. The van der Waals surface area contributed by atoms with Gasteiger partial charge in [0.05, 0.1) is 36.3 Å². The number of carbonyl (C=O) groups is 3. The Morgan fingerprint density at radius 3 is 2.61 bits per heavy atom. The van der Waals surface area contributed by atoms with Crippen LogP contribution < -0.4 is 0 Å². The Hall–Kier alpha value is -2.15. The number of hydrogen-bond acceptors (Lipinski definition) is 9.